The summed E-state index contributed by atoms with van der Waals surface area (Å²) in [5.41, 5.74) is 0. The normalized spacial score (nSPS) is 11.4. The van der Waals surface area contributed by atoms with Gasteiger partial charge in [0.2, 0.25) is 0 Å². The van der Waals surface area contributed by atoms with Crippen molar-refractivity contribution in [2.45, 2.75) is 136 Å². The van der Waals surface area contributed by atoms with Crippen molar-refractivity contribution in [3.05, 3.63) is 18.2 Å². The molecule has 0 aliphatic rings. The van der Waals surface area contributed by atoms with Crippen LogP contribution < -0.4 is 4.57 Å². The van der Waals surface area contributed by atoms with Crippen molar-refractivity contribution in [1.82, 2.24) is 4.57 Å². The van der Waals surface area contributed by atoms with Crippen molar-refractivity contribution < 1.29 is 4.57 Å². The molecule has 0 bridgehead atoms. The smallest absolute Gasteiger partial charge is 0.237 e. The quantitative estimate of drug-likeness (QED) is 0.174. The van der Waals surface area contributed by atoms with Crippen molar-refractivity contribution >= 4 is 0 Å². The Kier molecular flexibility index (Phi) is 15.6. The molecule has 0 fully saturated rings. The third kappa shape index (κ3) is 12.3. The summed E-state index contributed by atoms with van der Waals surface area (Å²) in [5.74, 6) is 1.52. The lowest BCUT2D eigenvalue weighted by Crippen LogP contribution is -2.32. The first-order valence-corrected chi connectivity index (χ1v) is 12.3. The van der Waals surface area contributed by atoms with E-state index in [0.717, 1.165) is 0 Å². The van der Waals surface area contributed by atoms with E-state index in [9.17, 15) is 0 Å². The van der Waals surface area contributed by atoms with E-state index in [2.05, 4.69) is 42.4 Å². The Hall–Kier alpha value is -0.790. The van der Waals surface area contributed by atoms with Crippen LogP contribution in [0.5, 0.6) is 0 Å². The van der Waals surface area contributed by atoms with E-state index >= 15 is 0 Å². The molecule has 1 heterocycles. The molecule has 0 saturated heterocycles. The molecule has 1 aromatic heterocycles. The number of unbranched alkanes of at least 4 members (excludes halogenated alkanes) is 15. The lowest BCUT2D eigenvalue weighted by atomic mass is 10.0. The number of aromatic nitrogens is 2. The molecular weight excluding hydrogens is 328 g/mol. The summed E-state index contributed by atoms with van der Waals surface area (Å²) in [7, 11) is 2.20. The first-order chi connectivity index (χ1) is 13.3. The average Bonchev–Trinajstić information content (AvgIpc) is 3.02. The minimum Gasteiger partial charge on any atom is -0.237 e. The van der Waals surface area contributed by atoms with E-state index in [1.807, 2.05) is 0 Å². The summed E-state index contributed by atoms with van der Waals surface area (Å²) < 4.78 is 4.81. The van der Waals surface area contributed by atoms with E-state index in [-0.39, 0.29) is 0 Å². The molecule has 1 rings (SSSR count). The lowest BCUT2D eigenvalue weighted by Gasteiger charge is -2.04. The van der Waals surface area contributed by atoms with E-state index in [1.165, 1.54) is 128 Å². The molecule has 2 nitrogen and oxygen atoms in total. The predicted octanol–water partition coefficient (Wildman–Crippen LogP) is 7.53. The number of rotatable bonds is 19. The highest BCUT2D eigenvalue weighted by atomic mass is 15.1. The Morgan fingerprint density at radius 1 is 0.630 bits per heavy atom. The number of aryl methyl sites for hydroxylation is 2. The largest absolute Gasteiger partial charge is 0.256 e. The summed E-state index contributed by atoms with van der Waals surface area (Å²) in [6.45, 7) is 5.78. The molecule has 0 aromatic carbocycles. The molecule has 27 heavy (non-hydrogen) atoms. The highest BCUT2D eigenvalue weighted by Gasteiger charge is 2.13. The van der Waals surface area contributed by atoms with Gasteiger partial charge in [-0.05, 0) is 19.3 Å². The maximum absolute atomic E-state index is 2.48. The molecule has 0 spiro atoms. The second-order valence-electron chi connectivity index (χ2n) is 8.57. The Labute approximate surface area is 170 Å². The van der Waals surface area contributed by atoms with Crippen LogP contribution in [0.15, 0.2) is 12.4 Å². The molecule has 0 N–H and O–H groups in total. The van der Waals surface area contributed by atoms with Gasteiger partial charge < -0.3 is 0 Å². The van der Waals surface area contributed by atoms with Crippen LogP contribution in [-0.4, -0.2) is 4.57 Å². The lowest BCUT2D eigenvalue weighted by molar-refractivity contribution is -0.678. The first kappa shape index (κ1) is 24.2. The van der Waals surface area contributed by atoms with E-state index in [0.29, 0.717) is 0 Å². The Morgan fingerprint density at radius 2 is 1.07 bits per heavy atom. The standard InChI is InChI=1S/C25H49N2/c1-4-6-8-9-10-11-12-13-14-15-16-17-18-19-21-25-26(3)23-24-27(25)22-20-7-5-2/h23-24H,4-22H2,1-3H3/q+1. The van der Waals surface area contributed by atoms with Gasteiger partial charge in [-0.2, -0.15) is 0 Å². The number of nitrogens with zero attached hydrogens (tertiary/aromatic N) is 2. The van der Waals surface area contributed by atoms with Crippen LogP contribution in [0.2, 0.25) is 0 Å². The molecule has 0 radical (unpaired) electrons. The van der Waals surface area contributed by atoms with Crippen LogP contribution in [0, 0.1) is 0 Å². The van der Waals surface area contributed by atoms with Crippen LogP contribution in [-0.2, 0) is 20.0 Å². The Balaban J connectivity index is 1.94. The minimum atomic E-state index is 1.20. The fraction of sp³-hybridized carbons (Fsp3) is 0.880. The van der Waals surface area contributed by atoms with Gasteiger partial charge in [0.05, 0.1) is 13.6 Å². The Morgan fingerprint density at radius 3 is 1.59 bits per heavy atom. The zero-order valence-electron chi connectivity index (χ0n) is 19.0. The highest BCUT2D eigenvalue weighted by molar-refractivity contribution is 4.84. The van der Waals surface area contributed by atoms with Gasteiger partial charge in [0, 0.05) is 6.42 Å². The fourth-order valence-electron chi connectivity index (χ4n) is 4.09. The molecular formula is C25H49N2+. The van der Waals surface area contributed by atoms with Gasteiger partial charge in [0.25, 0.3) is 5.82 Å². The van der Waals surface area contributed by atoms with Crippen molar-refractivity contribution in [2.75, 3.05) is 0 Å². The SMILES string of the molecule is CCCCCCCCCCCCCCCCc1n(CCCCC)cc[n+]1C. The second-order valence-corrected chi connectivity index (χ2v) is 8.57. The molecule has 0 unspecified atom stereocenters. The van der Waals surface area contributed by atoms with E-state index < -0.39 is 0 Å². The minimum absolute atomic E-state index is 1.20. The topological polar surface area (TPSA) is 8.81 Å². The summed E-state index contributed by atoms with van der Waals surface area (Å²) in [4.78, 5) is 0. The van der Waals surface area contributed by atoms with Crippen molar-refractivity contribution in [1.29, 1.82) is 0 Å². The van der Waals surface area contributed by atoms with Crippen LogP contribution in [0.1, 0.15) is 129 Å². The number of hydrogen-bond acceptors (Lipinski definition) is 0. The second kappa shape index (κ2) is 17.3. The molecule has 0 saturated carbocycles. The van der Waals surface area contributed by atoms with Crippen molar-refractivity contribution in [2.24, 2.45) is 7.05 Å². The third-order valence-electron chi connectivity index (χ3n) is 5.97. The third-order valence-corrected chi connectivity index (χ3v) is 5.97. The van der Waals surface area contributed by atoms with E-state index in [1.54, 1.807) is 0 Å². The average molecular weight is 378 g/mol. The molecule has 0 amide bonds. The summed E-state index contributed by atoms with van der Waals surface area (Å²) in [6, 6.07) is 0. The van der Waals surface area contributed by atoms with Crippen LogP contribution >= 0.6 is 0 Å². The molecule has 0 atom stereocenters. The molecule has 158 valence electrons. The van der Waals surface area contributed by atoms with Crippen LogP contribution in [0.25, 0.3) is 0 Å². The maximum Gasteiger partial charge on any atom is 0.256 e. The predicted molar refractivity (Wildman–Crippen MR) is 119 cm³/mol. The van der Waals surface area contributed by atoms with Gasteiger partial charge in [-0.25, -0.2) is 9.13 Å². The molecule has 1 aromatic rings. The van der Waals surface area contributed by atoms with Crippen molar-refractivity contribution in [3.63, 3.8) is 0 Å². The summed E-state index contributed by atoms with van der Waals surface area (Å²) in [5, 5.41) is 0. The van der Waals surface area contributed by atoms with Gasteiger partial charge in [-0.3, -0.25) is 0 Å². The van der Waals surface area contributed by atoms with Gasteiger partial charge >= 0.3 is 0 Å². The van der Waals surface area contributed by atoms with Gasteiger partial charge in [0.1, 0.15) is 12.4 Å². The molecule has 0 aliphatic carbocycles. The van der Waals surface area contributed by atoms with Gasteiger partial charge in [-0.1, -0.05) is 104 Å². The van der Waals surface area contributed by atoms with E-state index in [4.69, 9.17) is 0 Å². The Bertz CT molecular complexity index is 436. The number of imidazole rings is 1. The van der Waals surface area contributed by atoms with Gasteiger partial charge in [-0.15, -0.1) is 0 Å². The summed E-state index contributed by atoms with van der Waals surface area (Å²) >= 11 is 0. The fourth-order valence-corrected chi connectivity index (χ4v) is 4.09. The van der Waals surface area contributed by atoms with Gasteiger partial charge in [0.15, 0.2) is 0 Å². The van der Waals surface area contributed by atoms with Crippen LogP contribution in [0.4, 0.5) is 0 Å². The number of hydrogen-bond donors (Lipinski definition) is 0. The van der Waals surface area contributed by atoms with Crippen molar-refractivity contribution in [3.8, 4) is 0 Å². The molecule has 0 aliphatic heterocycles. The van der Waals surface area contributed by atoms with Crippen LogP contribution in [0.3, 0.4) is 0 Å². The highest BCUT2D eigenvalue weighted by Crippen LogP contribution is 2.13. The summed E-state index contributed by atoms with van der Waals surface area (Å²) in [6.07, 6.45) is 29.9. The zero-order valence-corrected chi connectivity index (χ0v) is 19.0. The zero-order chi connectivity index (χ0) is 19.6. The monoisotopic (exact) mass is 377 g/mol. The molecule has 2 heteroatoms. The first-order valence-electron chi connectivity index (χ1n) is 12.3. The maximum atomic E-state index is 2.48.